The quantitative estimate of drug-likeness (QED) is 0.291. The van der Waals surface area contributed by atoms with Crippen LogP contribution in [0.1, 0.15) is 16.7 Å². The molecule has 2 atom stereocenters. The molecule has 2 aromatic carbocycles. The maximum atomic E-state index is 13.0. The highest BCUT2D eigenvalue weighted by Crippen LogP contribution is 2.26. The lowest BCUT2D eigenvalue weighted by Crippen LogP contribution is -2.55. The van der Waals surface area contributed by atoms with Crippen LogP contribution in [0.25, 0.3) is 0 Å². The summed E-state index contributed by atoms with van der Waals surface area (Å²) in [5.41, 5.74) is 8.19. The number of aliphatic hydroxyl groups excluding tert-OH is 1. The zero-order chi connectivity index (χ0) is 23.8. The van der Waals surface area contributed by atoms with Crippen LogP contribution in [0.4, 0.5) is 11.4 Å². The van der Waals surface area contributed by atoms with Gasteiger partial charge in [0.25, 0.3) is 11.8 Å². The highest BCUT2D eigenvalue weighted by Gasteiger charge is 2.39. The highest BCUT2D eigenvalue weighted by molar-refractivity contribution is 7.88. The number of fused-ring (bicyclic) bond motifs is 1. The van der Waals surface area contributed by atoms with Gasteiger partial charge in [-0.25, -0.2) is 13.1 Å². The van der Waals surface area contributed by atoms with E-state index in [2.05, 4.69) is 10.0 Å². The number of nitrogens with two attached hydrogens (primary N) is 1. The Bertz CT molecular complexity index is 1210. The van der Waals surface area contributed by atoms with Crippen molar-refractivity contribution in [3.05, 3.63) is 59.2 Å². The zero-order valence-electron chi connectivity index (χ0n) is 17.4. The second-order valence-corrected chi connectivity index (χ2v) is 9.55. The van der Waals surface area contributed by atoms with E-state index in [0.29, 0.717) is 22.5 Å². The molecule has 2 aromatic rings. The first-order valence-corrected chi connectivity index (χ1v) is 11.8. The van der Waals surface area contributed by atoms with Crippen molar-refractivity contribution in [2.45, 2.75) is 24.5 Å². The fourth-order valence-corrected chi connectivity index (χ4v) is 4.87. The van der Waals surface area contributed by atoms with Crippen LogP contribution >= 0.6 is 0 Å². The molecule has 11 nitrogen and oxygen atoms in total. The van der Waals surface area contributed by atoms with Crippen LogP contribution in [0.2, 0.25) is 0 Å². The monoisotopic (exact) mass is 473 g/mol. The molecule has 2 aliphatic rings. The average molecular weight is 474 g/mol. The van der Waals surface area contributed by atoms with E-state index in [0.717, 1.165) is 5.56 Å². The van der Waals surface area contributed by atoms with Crippen molar-refractivity contribution in [1.82, 2.24) is 4.72 Å². The number of anilines is 2. The number of rotatable bonds is 5. The summed E-state index contributed by atoms with van der Waals surface area (Å²) in [5.74, 6) is -1.64. The first-order chi connectivity index (χ1) is 15.6. The van der Waals surface area contributed by atoms with Gasteiger partial charge < -0.3 is 25.8 Å². The molecule has 4 rings (SSSR count). The molecule has 33 heavy (non-hydrogen) atoms. The van der Waals surface area contributed by atoms with Gasteiger partial charge in [0.2, 0.25) is 10.0 Å². The first-order valence-electron chi connectivity index (χ1n) is 10.1. The number of carbonyl (C=O) groups excluding carboxylic acids is 2. The van der Waals surface area contributed by atoms with E-state index >= 15 is 0 Å². The number of hydrogen-bond acceptors (Lipinski definition) is 7. The summed E-state index contributed by atoms with van der Waals surface area (Å²) in [5, 5.41) is 20.4. The largest absolute Gasteiger partial charge is 0.384 e. The van der Waals surface area contributed by atoms with Crippen LogP contribution < -0.4 is 20.7 Å². The van der Waals surface area contributed by atoms with Crippen molar-refractivity contribution < 1.29 is 27.9 Å². The molecule has 0 unspecified atom stereocenters. The highest BCUT2D eigenvalue weighted by atomic mass is 32.2. The molecule has 1 saturated heterocycles. The number of nitrogens with one attached hydrogen (secondary N) is 3. The van der Waals surface area contributed by atoms with E-state index in [4.69, 9.17) is 15.9 Å². The Labute approximate surface area is 190 Å². The number of amidine groups is 1. The number of sulfonamides is 1. The molecular weight excluding hydrogens is 450 g/mol. The lowest BCUT2D eigenvalue weighted by Gasteiger charge is -2.34. The molecule has 0 aliphatic carbocycles. The summed E-state index contributed by atoms with van der Waals surface area (Å²) in [4.78, 5) is 27.0. The van der Waals surface area contributed by atoms with Gasteiger partial charge >= 0.3 is 0 Å². The number of nitrogens with zero attached hydrogens (tertiary/aromatic N) is 1. The molecule has 0 bridgehead atoms. The molecular formula is C21H23N5O6S. The van der Waals surface area contributed by atoms with Crippen molar-refractivity contribution in [3.8, 4) is 0 Å². The van der Waals surface area contributed by atoms with Crippen LogP contribution in [0.5, 0.6) is 0 Å². The maximum Gasteiger partial charge on any atom is 0.259 e. The number of ether oxygens (including phenoxy) is 1. The van der Waals surface area contributed by atoms with Crippen LogP contribution in [0.15, 0.2) is 42.5 Å². The van der Waals surface area contributed by atoms with Gasteiger partial charge in [0.05, 0.1) is 12.4 Å². The Morgan fingerprint density at radius 2 is 1.97 bits per heavy atom. The normalized spacial score (nSPS) is 20.6. The molecule has 2 amide bonds. The third kappa shape index (κ3) is 4.88. The standard InChI is InChI=1S/C21H23N5O6S/c22-19(23)12-1-4-15(5-2-12)25-20(28)17(27)18-21(29)26(7-8-32-18)16-6-3-13-11-33(30,31)24-10-14(13)9-16/h1-6,9,17-18,24,27H,7-8,10-11H2,(H3,22,23)(H,25,28)/t17-,18-/m1/s1. The SMILES string of the molecule is N=C(N)c1ccc(NC(=O)[C@H](O)[C@H]2OCCN(c3ccc4c(c3)CNS(=O)(=O)C4)C2=O)cc1. The number of nitrogen functional groups attached to an aromatic ring is 1. The van der Waals surface area contributed by atoms with Gasteiger partial charge in [0.1, 0.15) is 5.84 Å². The van der Waals surface area contributed by atoms with Gasteiger partial charge in [-0.3, -0.25) is 15.0 Å². The number of aliphatic hydroxyl groups is 1. The Balaban J connectivity index is 1.46. The molecule has 1 fully saturated rings. The number of benzene rings is 2. The summed E-state index contributed by atoms with van der Waals surface area (Å²) >= 11 is 0. The lowest BCUT2D eigenvalue weighted by molar-refractivity contribution is -0.150. The smallest absolute Gasteiger partial charge is 0.259 e. The molecule has 6 N–H and O–H groups in total. The van der Waals surface area contributed by atoms with Crippen molar-refractivity contribution in [3.63, 3.8) is 0 Å². The van der Waals surface area contributed by atoms with E-state index in [9.17, 15) is 23.1 Å². The number of amides is 2. The molecule has 0 radical (unpaired) electrons. The molecule has 0 saturated carbocycles. The summed E-state index contributed by atoms with van der Waals surface area (Å²) in [6, 6.07) is 11.2. The predicted octanol–water partition coefficient (Wildman–Crippen LogP) is -0.365. The van der Waals surface area contributed by atoms with E-state index < -0.39 is 34.0 Å². The summed E-state index contributed by atoms with van der Waals surface area (Å²) in [6.45, 7) is 0.458. The maximum absolute atomic E-state index is 13.0. The fourth-order valence-electron chi connectivity index (χ4n) is 3.70. The zero-order valence-corrected chi connectivity index (χ0v) is 18.3. The average Bonchev–Trinajstić information content (AvgIpc) is 2.78. The Kier molecular flexibility index (Phi) is 6.17. The third-order valence-corrected chi connectivity index (χ3v) is 6.75. The van der Waals surface area contributed by atoms with E-state index in [1.807, 2.05) is 0 Å². The van der Waals surface area contributed by atoms with Crippen molar-refractivity contribution in [1.29, 1.82) is 5.41 Å². The molecule has 12 heteroatoms. The van der Waals surface area contributed by atoms with Crippen LogP contribution in [-0.4, -0.2) is 56.5 Å². The fraction of sp³-hybridized carbons (Fsp3) is 0.286. The Morgan fingerprint density at radius 3 is 2.67 bits per heavy atom. The Hall–Kier alpha value is -3.32. The lowest BCUT2D eigenvalue weighted by atomic mass is 10.1. The number of hydrogen-bond donors (Lipinski definition) is 5. The van der Waals surface area contributed by atoms with Crippen molar-refractivity contribution >= 4 is 39.0 Å². The minimum absolute atomic E-state index is 0.109. The topological polar surface area (TPSA) is 175 Å². The van der Waals surface area contributed by atoms with Crippen molar-refractivity contribution in [2.24, 2.45) is 5.73 Å². The second kappa shape index (κ2) is 8.90. The molecule has 0 spiro atoms. The van der Waals surface area contributed by atoms with Crippen LogP contribution in [0.3, 0.4) is 0 Å². The van der Waals surface area contributed by atoms with E-state index in [1.165, 1.54) is 17.0 Å². The van der Waals surface area contributed by atoms with Crippen LogP contribution in [0, 0.1) is 5.41 Å². The van der Waals surface area contributed by atoms with Gasteiger partial charge in [0, 0.05) is 30.0 Å². The number of carbonyl (C=O) groups is 2. The summed E-state index contributed by atoms with van der Waals surface area (Å²) in [7, 11) is -3.35. The minimum atomic E-state index is -3.35. The first kappa shape index (κ1) is 22.9. The third-order valence-electron chi connectivity index (χ3n) is 5.47. The van der Waals surface area contributed by atoms with E-state index in [1.54, 1.807) is 30.3 Å². The van der Waals surface area contributed by atoms with Gasteiger partial charge in [-0.15, -0.1) is 0 Å². The van der Waals surface area contributed by atoms with Crippen molar-refractivity contribution in [2.75, 3.05) is 23.4 Å². The minimum Gasteiger partial charge on any atom is -0.384 e. The second-order valence-electron chi connectivity index (χ2n) is 7.74. The summed E-state index contributed by atoms with van der Waals surface area (Å²) in [6.07, 6.45) is -3.15. The molecule has 2 aliphatic heterocycles. The van der Waals surface area contributed by atoms with Crippen LogP contribution in [-0.2, 0) is 36.6 Å². The Morgan fingerprint density at radius 1 is 1.24 bits per heavy atom. The van der Waals surface area contributed by atoms with Gasteiger partial charge in [-0.2, -0.15) is 0 Å². The predicted molar refractivity (Wildman–Crippen MR) is 120 cm³/mol. The number of morpholine rings is 1. The van der Waals surface area contributed by atoms with Gasteiger partial charge in [-0.1, -0.05) is 6.07 Å². The molecule has 174 valence electrons. The van der Waals surface area contributed by atoms with Gasteiger partial charge in [-0.05, 0) is 47.5 Å². The van der Waals surface area contributed by atoms with Gasteiger partial charge in [0.15, 0.2) is 12.2 Å². The van der Waals surface area contributed by atoms with E-state index in [-0.39, 0.29) is 31.3 Å². The molecule has 2 heterocycles. The summed E-state index contributed by atoms with van der Waals surface area (Å²) < 4.78 is 31.4. The molecule has 0 aromatic heterocycles.